The van der Waals surface area contributed by atoms with Crippen LogP contribution in [0.15, 0.2) is 35.3 Å². The van der Waals surface area contributed by atoms with Crippen LogP contribution in [-0.2, 0) is 0 Å². The molecule has 0 heterocycles. The van der Waals surface area contributed by atoms with Crippen molar-refractivity contribution >= 4 is 5.96 Å². The van der Waals surface area contributed by atoms with Gasteiger partial charge in [-0.3, -0.25) is 4.99 Å². The molecular weight excluding hydrogens is 250 g/mol. The average Bonchev–Trinajstić information content (AvgIpc) is 3.29. The Morgan fingerprint density at radius 1 is 1.35 bits per heavy atom. The maximum atomic E-state index is 5.70. The van der Waals surface area contributed by atoms with Crippen molar-refractivity contribution in [3.63, 3.8) is 0 Å². The van der Waals surface area contributed by atoms with E-state index in [1.165, 1.54) is 19.3 Å². The summed E-state index contributed by atoms with van der Waals surface area (Å²) in [5.41, 5.74) is 0. The van der Waals surface area contributed by atoms with Gasteiger partial charge in [0.15, 0.2) is 5.96 Å². The van der Waals surface area contributed by atoms with E-state index in [4.69, 9.17) is 4.74 Å². The Bertz CT molecular complexity index is 415. The summed E-state index contributed by atoms with van der Waals surface area (Å²) in [5.74, 6) is 2.81. The Hall–Kier alpha value is -1.71. The third-order valence-corrected chi connectivity index (χ3v) is 3.54. The van der Waals surface area contributed by atoms with Gasteiger partial charge >= 0.3 is 0 Å². The molecule has 0 aromatic heterocycles. The number of nitrogens with one attached hydrogen (secondary N) is 1. The van der Waals surface area contributed by atoms with Gasteiger partial charge in [0, 0.05) is 20.6 Å². The van der Waals surface area contributed by atoms with E-state index in [2.05, 4.69) is 15.2 Å². The van der Waals surface area contributed by atoms with Crippen LogP contribution < -0.4 is 10.1 Å². The number of para-hydroxylation sites is 1. The number of hydrogen-bond donors (Lipinski definition) is 1. The largest absolute Gasteiger partial charge is 0.492 e. The molecule has 0 aliphatic heterocycles. The fraction of sp³-hybridized carbons (Fsp3) is 0.562. The van der Waals surface area contributed by atoms with Crippen molar-refractivity contribution in [1.29, 1.82) is 0 Å². The first kappa shape index (κ1) is 14.7. The molecule has 110 valence electrons. The van der Waals surface area contributed by atoms with Crippen LogP contribution >= 0.6 is 0 Å². The fourth-order valence-electron chi connectivity index (χ4n) is 2.10. The number of ether oxygens (including phenoxy) is 1. The van der Waals surface area contributed by atoms with Gasteiger partial charge in [-0.25, -0.2) is 0 Å². The summed E-state index contributed by atoms with van der Waals surface area (Å²) in [4.78, 5) is 6.41. The monoisotopic (exact) mass is 275 g/mol. The van der Waals surface area contributed by atoms with Crippen LogP contribution in [0.1, 0.15) is 19.3 Å². The molecule has 4 nitrogen and oxygen atoms in total. The molecule has 1 aromatic rings. The molecule has 1 aliphatic rings. The molecule has 1 fully saturated rings. The summed E-state index contributed by atoms with van der Waals surface area (Å²) >= 11 is 0. The Labute approximate surface area is 121 Å². The van der Waals surface area contributed by atoms with Gasteiger partial charge in [0.05, 0.1) is 6.54 Å². The van der Waals surface area contributed by atoms with E-state index in [0.717, 1.165) is 30.7 Å². The summed E-state index contributed by atoms with van der Waals surface area (Å²) in [6.07, 6.45) is 4.06. The average molecular weight is 275 g/mol. The van der Waals surface area contributed by atoms with Gasteiger partial charge < -0.3 is 15.0 Å². The summed E-state index contributed by atoms with van der Waals surface area (Å²) in [6, 6.07) is 9.91. The number of benzene rings is 1. The van der Waals surface area contributed by atoms with E-state index in [1.54, 1.807) is 0 Å². The van der Waals surface area contributed by atoms with Crippen LogP contribution in [0.4, 0.5) is 0 Å². The minimum atomic E-state index is 0.657. The zero-order valence-electron chi connectivity index (χ0n) is 12.5. The molecule has 0 radical (unpaired) electrons. The molecule has 0 unspecified atom stereocenters. The fourth-order valence-corrected chi connectivity index (χ4v) is 2.10. The first-order valence-corrected chi connectivity index (χ1v) is 7.39. The van der Waals surface area contributed by atoms with E-state index in [-0.39, 0.29) is 0 Å². The Kier molecular flexibility index (Phi) is 5.71. The highest BCUT2D eigenvalue weighted by molar-refractivity contribution is 5.79. The molecular formula is C16H25N3O. The van der Waals surface area contributed by atoms with E-state index in [1.807, 2.05) is 44.4 Å². The molecule has 2 rings (SSSR count). The normalized spacial score (nSPS) is 15.0. The first-order chi connectivity index (χ1) is 9.79. The highest BCUT2D eigenvalue weighted by Crippen LogP contribution is 2.31. The van der Waals surface area contributed by atoms with Gasteiger partial charge in [0.1, 0.15) is 12.4 Å². The standard InChI is InChI=1S/C16H25N3O/c1-17-16(18-11-10-14-8-9-14)19(2)12-13-20-15-6-4-3-5-7-15/h3-7,14H,8-13H2,1-2H3,(H,17,18). The summed E-state index contributed by atoms with van der Waals surface area (Å²) in [6.45, 7) is 2.49. The molecule has 1 aliphatic carbocycles. The highest BCUT2D eigenvalue weighted by Gasteiger charge is 2.20. The lowest BCUT2D eigenvalue weighted by molar-refractivity contribution is 0.281. The predicted octanol–water partition coefficient (Wildman–Crippen LogP) is 2.37. The second-order valence-electron chi connectivity index (χ2n) is 5.29. The van der Waals surface area contributed by atoms with Crippen LogP contribution in [0.5, 0.6) is 5.75 Å². The number of aliphatic imine (C=N–C) groups is 1. The molecule has 0 atom stereocenters. The lowest BCUT2D eigenvalue weighted by atomic mass is 10.3. The second kappa shape index (κ2) is 7.78. The molecule has 1 aromatic carbocycles. The van der Waals surface area contributed by atoms with Crippen LogP contribution in [0.2, 0.25) is 0 Å². The van der Waals surface area contributed by atoms with Crippen LogP contribution in [0.25, 0.3) is 0 Å². The summed E-state index contributed by atoms with van der Waals surface area (Å²) < 4.78 is 5.70. The van der Waals surface area contributed by atoms with Gasteiger partial charge in [0.25, 0.3) is 0 Å². The number of nitrogens with zero attached hydrogens (tertiary/aromatic N) is 2. The van der Waals surface area contributed by atoms with Gasteiger partial charge in [-0.2, -0.15) is 0 Å². The van der Waals surface area contributed by atoms with E-state index >= 15 is 0 Å². The van der Waals surface area contributed by atoms with E-state index in [0.29, 0.717) is 6.61 Å². The van der Waals surface area contributed by atoms with Crippen molar-refractivity contribution < 1.29 is 4.74 Å². The maximum absolute atomic E-state index is 5.70. The van der Waals surface area contributed by atoms with Gasteiger partial charge in [-0.15, -0.1) is 0 Å². The van der Waals surface area contributed by atoms with Crippen molar-refractivity contribution in [2.45, 2.75) is 19.3 Å². The minimum absolute atomic E-state index is 0.657. The summed E-state index contributed by atoms with van der Waals surface area (Å²) in [5, 5.41) is 3.41. The third kappa shape index (κ3) is 5.11. The summed E-state index contributed by atoms with van der Waals surface area (Å²) in [7, 11) is 3.87. The number of guanidine groups is 1. The van der Waals surface area contributed by atoms with Gasteiger partial charge in [0.2, 0.25) is 0 Å². The third-order valence-electron chi connectivity index (χ3n) is 3.54. The Morgan fingerprint density at radius 2 is 2.10 bits per heavy atom. The molecule has 20 heavy (non-hydrogen) atoms. The minimum Gasteiger partial charge on any atom is -0.492 e. The molecule has 0 bridgehead atoms. The van der Waals surface area contributed by atoms with Crippen LogP contribution in [0, 0.1) is 5.92 Å². The van der Waals surface area contributed by atoms with Crippen molar-refractivity contribution in [2.24, 2.45) is 10.9 Å². The molecule has 1 N–H and O–H groups in total. The number of likely N-dealkylation sites (N-methyl/N-ethyl adjacent to an activating group) is 1. The predicted molar refractivity (Wildman–Crippen MR) is 83.3 cm³/mol. The molecule has 0 saturated heterocycles. The van der Waals surface area contributed by atoms with Crippen molar-refractivity contribution in [2.75, 3.05) is 33.8 Å². The van der Waals surface area contributed by atoms with Crippen molar-refractivity contribution in [1.82, 2.24) is 10.2 Å². The second-order valence-corrected chi connectivity index (χ2v) is 5.29. The quantitative estimate of drug-likeness (QED) is 0.613. The van der Waals surface area contributed by atoms with E-state index < -0.39 is 0 Å². The van der Waals surface area contributed by atoms with Crippen LogP contribution in [0.3, 0.4) is 0 Å². The first-order valence-electron chi connectivity index (χ1n) is 7.39. The molecule has 4 heteroatoms. The molecule has 0 amide bonds. The van der Waals surface area contributed by atoms with Gasteiger partial charge in [-0.05, 0) is 24.5 Å². The number of rotatable bonds is 7. The molecule has 0 spiro atoms. The van der Waals surface area contributed by atoms with Crippen LogP contribution in [-0.4, -0.2) is 44.7 Å². The lowest BCUT2D eigenvalue weighted by Gasteiger charge is -2.22. The Morgan fingerprint density at radius 3 is 2.75 bits per heavy atom. The number of hydrogen-bond acceptors (Lipinski definition) is 2. The van der Waals surface area contributed by atoms with Gasteiger partial charge in [-0.1, -0.05) is 31.0 Å². The molecule has 1 saturated carbocycles. The highest BCUT2D eigenvalue weighted by atomic mass is 16.5. The zero-order valence-corrected chi connectivity index (χ0v) is 12.5. The van der Waals surface area contributed by atoms with Crippen molar-refractivity contribution in [3.05, 3.63) is 30.3 Å². The van der Waals surface area contributed by atoms with Crippen molar-refractivity contribution in [3.8, 4) is 5.75 Å². The lowest BCUT2D eigenvalue weighted by Crippen LogP contribution is -2.41. The topological polar surface area (TPSA) is 36.9 Å². The zero-order chi connectivity index (χ0) is 14.2. The maximum Gasteiger partial charge on any atom is 0.193 e. The Balaban J connectivity index is 1.64. The SMILES string of the molecule is CN=C(NCCC1CC1)N(C)CCOc1ccccc1. The van der Waals surface area contributed by atoms with E-state index in [9.17, 15) is 0 Å². The smallest absolute Gasteiger partial charge is 0.193 e.